The summed E-state index contributed by atoms with van der Waals surface area (Å²) in [5, 5.41) is 21.5. The standard InChI is InChI=1S/C14H19NO3/c1-2-11(7-9-3-4-9)15-14(18)10-5-6-12(16)13(17)8-10/h5-6,8-9,11,16-17H,2-4,7H2,1H3,(H,15,18). The van der Waals surface area contributed by atoms with E-state index in [9.17, 15) is 15.0 Å². The van der Waals surface area contributed by atoms with Crippen LogP contribution >= 0.6 is 0 Å². The van der Waals surface area contributed by atoms with E-state index in [1.807, 2.05) is 0 Å². The van der Waals surface area contributed by atoms with Gasteiger partial charge in [-0.25, -0.2) is 0 Å². The van der Waals surface area contributed by atoms with Gasteiger partial charge in [-0.2, -0.15) is 0 Å². The molecule has 1 fully saturated rings. The molecular formula is C14H19NO3. The van der Waals surface area contributed by atoms with E-state index in [0.717, 1.165) is 18.8 Å². The number of aromatic hydroxyl groups is 2. The highest BCUT2D eigenvalue weighted by atomic mass is 16.3. The normalized spacial score (nSPS) is 16.3. The van der Waals surface area contributed by atoms with Crippen LogP contribution in [-0.2, 0) is 0 Å². The minimum absolute atomic E-state index is 0.195. The number of phenolic OH excluding ortho intramolecular Hbond substituents is 2. The number of nitrogens with one attached hydrogen (secondary N) is 1. The summed E-state index contributed by atoms with van der Waals surface area (Å²) in [6.07, 6.45) is 4.48. The van der Waals surface area contributed by atoms with Crippen LogP contribution in [-0.4, -0.2) is 22.2 Å². The Labute approximate surface area is 107 Å². The third-order valence-corrected chi connectivity index (χ3v) is 3.38. The second-order valence-electron chi connectivity index (χ2n) is 4.96. The number of phenols is 2. The molecule has 2 rings (SSSR count). The van der Waals surface area contributed by atoms with Crippen molar-refractivity contribution in [2.75, 3.05) is 0 Å². The highest BCUT2D eigenvalue weighted by Gasteiger charge is 2.25. The van der Waals surface area contributed by atoms with Crippen molar-refractivity contribution in [2.45, 2.75) is 38.6 Å². The van der Waals surface area contributed by atoms with Gasteiger partial charge in [0, 0.05) is 11.6 Å². The summed E-state index contributed by atoms with van der Waals surface area (Å²) in [4.78, 5) is 12.0. The van der Waals surface area contributed by atoms with Gasteiger partial charge >= 0.3 is 0 Å². The van der Waals surface area contributed by atoms with Crippen LogP contribution in [0, 0.1) is 5.92 Å². The molecule has 0 spiro atoms. The van der Waals surface area contributed by atoms with Crippen molar-refractivity contribution >= 4 is 5.91 Å². The van der Waals surface area contributed by atoms with Gasteiger partial charge in [0.25, 0.3) is 5.91 Å². The molecule has 0 radical (unpaired) electrons. The second-order valence-corrected chi connectivity index (χ2v) is 4.96. The fourth-order valence-electron chi connectivity index (χ4n) is 2.02. The van der Waals surface area contributed by atoms with E-state index in [2.05, 4.69) is 12.2 Å². The van der Waals surface area contributed by atoms with Crippen LogP contribution in [0.4, 0.5) is 0 Å². The lowest BCUT2D eigenvalue weighted by Crippen LogP contribution is -2.34. The third-order valence-electron chi connectivity index (χ3n) is 3.38. The SMILES string of the molecule is CCC(CC1CC1)NC(=O)c1ccc(O)c(O)c1. The van der Waals surface area contributed by atoms with Gasteiger partial charge in [0.1, 0.15) is 0 Å². The summed E-state index contributed by atoms with van der Waals surface area (Å²) in [6, 6.07) is 4.32. The molecule has 0 aliphatic heterocycles. The number of benzene rings is 1. The Morgan fingerprint density at radius 1 is 1.39 bits per heavy atom. The first-order valence-corrected chi connectivity index (χ1v) is 6.43. The Morgan fingerprint density at radius 3 is 2.67 bits per heavy atom. The van der Waals surface area contributed by atoms with Gasteiger partial charge < -0.3 is 15.5 Å². The van der Waals surface area contributed by atoms with Crippen LogP contribution in [0.1, 0.15) is 43.0 Å². The maximum atomic E-state index is 12.0. The minimum Gasteiger partial charge on any atom is -0.504 e. The average molecular weight is 249 g/mol. The highest BCUT2D eigenvalue weighted by Crippen LogP contribution is 2.34. The smallest absolute Gasteiger partial charge is 0.251 e. The van der Waals surface area contributed by atoms with Crippen LogP contribution in [0.5, 0.6) is 11.5 Å². The first-order chi connectivity index (χ1) is 8.60. The van der Waals surface area contributed by atoms with Gasteiger partial charge in [-0.3, -0.25) is 4.79 Å². The summed E-state index contributed by atoms with van der Waals surface area (Å²) < 4.78 is 0. The summed E-state index contributed by atoms with van der Waals surface area (Å²) in [5.41, 5.74) is 0.375. The second kappa shape index (κ2) is 5.29. The van der Waals surface area contributed by atoms with Gasteiger partial charge in [0.2, 0.25) is 0 Å². The lowest BCUT2D eigenvalue weighted by atomic mass is 10.1. The van der Waals surface area contributed by atoms with Crippen LogP contribution < -0.4 is 5.32 Å². The largest absolute Gasteiger partial charge is 0.504 e. The molecule has 18 heavy (non-hydrogen) atoms. The zero-order chi connectivity index (χ0) is 13.1. The maximum Gasteiger partial charge on any atom is 0.251 e. The van der Waals surface area contributed by atoms with Gasteiger partial charge in [-0.1, -0.05) is 19.8 Å². The molecule has 1 unspecified atom stereocenters. The Balaban J connectivity index is 1.98. The molecule has 1 aliphatic rings. The monoisotopic (exact) mass is 249 g/mol. The van der Waals surface area contributed by atoms with Crippen LogP contribution in [0.2, 0.25) is 0 Å². The van der Waals surface area contributed by atoms with Crippen molar-refractivity contribution in [3.05, 3.63) is 23.8 Å². The van der Waals surface area contributed by atoms with E-state index in [4.69, 9.17) is 0 Å². The van der Waals surface area contributed by atoms with E-state index in [1.54, 1.807) is 0 Å². The molecule has 1 aliphatic carbocycles. The molecular weight excluding hydrogens is 230 g/mol. The number of hydrogen-bond donors (Lipinski definition) is 3. The molecule has 4 heteroatoms. The number of carbonyl (C=O) groups is 1. The van der Waals surface area contributed by atoms with Crippen molar-refractivity contribution in [1.82, 2.24) is 5.32 Å². The molecule has 1 aromatic carbocycles. The zero-order valence-corrected chi connectivity index (χ0v) is 10.5. The lowest BCUT2D eigenvalue weighted by molar-refractivity contribution is 0.0932. The number of carbonyl (C=O) groups excluding carboxylic acids is 1. The van der Waals surface area contributed by atoms with Crippen molar-refractivity contribution in [1.29, 1.82) is 0 Å². The summed E-state index contributed by atoms with van der Waals surface area (Å²) in [7, 11) is 0. The van der Waals surface area contributed by atoms with Crippen molar-refractivity contribution in [2.24, 2.45) is 5.92 Å². The molecule has 1 aromatic rings. The molecule has 0 saturated heterocycles. The van der Waals surface area contributed by atoms with Crippen molar-refractivity contribution in [3.8, 4) is 11.5 Å². The molecule has 0 bridgehead atoms. The Morgan fingerprint density at radius 2 is 2.11 bits per heavy atom. The first-order valence-electron chi connectivity index (χ1n) is 6.43. The zero-order valence-electron chi connectivity index (χ0n) is 10.5. The molecule has 4 nitrogen and oxygen atoms in total. The Kier molecular flexibility index (Phi) is 3.75. The van der Waals surface area contributed by atoms with Gasteiger partial charge in [0.15, 0.2) is 11.5 Å². The summed E-state index contributed by atoms with van der Waals surface area (Å²) in [5.74, 6) is 0.0933. The van der Waals surface area contributed by atoms with E-state index in [1.165, 1.54) is 31.0 Å². The molecule has 3 N–H and O–H groups in total. The highest BCUT2D eigenvalue weighted by molar-refractivity contribution is 5.95. The third kappa shape index (κ3) is 3.15. The van der Waals surface area contributed by atoms with E-state index in [-0.39, 0.29) is 23.4 Å². The predicted octanol–water partition coefficient (Wildman–Crippen LogP) is 2.41. The van der Waals surface area contributed by atoms with Crippen molar-refractivity contribution < 1.29 is 15.0 Å². The van der Waals surface area contributed by atoms with E-state index < -0.39 is 0 Å². The van der Waals surface area contributed by atoms with E-state index >= 15 is 0 Å². The number of rotatable bonds is 5. The Hall–Kier alpha value is -1.71. The van der Waals surface area contributed by atoms with Crippen LogP contribution in [0.15, 0.2) is 18.2 Å². The first kappa shape index (κ1) is 12.7. The van der Waals surface area contributed by atoms with Crippen LogP contribution in [0.3, 0.4) is 0 Å². The quantitative estimate of drug-likeness (QED) is 0.702. The molecule has 1 saturated carbocycles. The predicted molar refractivity (Wildman–Crippen MR) is 68.7 cm³/mol. The van der Waals surface area contributed by atoms with Gasteiger partial charge in [-0.15, -0.1) is 0 Å². The molecule has 1 atom stereocenters. The van der Waals surface area contributed by atoms with Crippen LogP contribution in [0.25, 0.3) is 0 Å². The summed E-state index contributed by atoms with van der Waals surface area (Å²) in [6.45, 7) is 2.06. The Bertz CT molecular complexity index is 441. The molecule has 0 aromatic heterocycles. The molecule has 1 amide bonds. The number of hydrogen-bond acceptors (Lipinski definition) is 3. The average Bonchev–Trinajstić information content (AvgIpc) is 3.15. The lowest BCUT2D eigenvalue weighted by Gasteiger charge is -2.16. The van der Waals surface area contributed by atoms with E-state index in [0.29, 0.717) is 5.56 Å². The summed E-state index contributed by atoms with van der Waals surface area (Å²) >= 11 is 0. The topological polar surface area (TPSA) is 69.6 Å². The molecule has 98 valence electrons. The van der Waals surface area contributed by atoms with Gasteiger partial charge in [0.05, 0.1) is 0 Å². The fraction of sp³-hybridized carbons (Fsp3) is 0.500. The van der Waals surface area contributed by atoms with Crippen molar-refractivity contribution in [3.63, 3.8) is 0 Å². The molecule has 0 heterocycles. The fourth-order valence-corrected chi connectivity index (χ4v) is 2.02. The van der Waals surface area contributed by atoms with Gasteiger partial charge in [-0.05, 0) is 37.0 Å². The number of amides is 1. The maximum absolute atomic E-state index is 12.0. The minimum atomic E-state index is -0.266.